The minimum atomic E-state index is 0.651. The van der Waals surface area contributed by atoms with Gasteiger partial charge in [0.25, 0.3) is 0 Å². The van der Waals surface area contributed by atoms with Crippen molar-refractivity contribution in [2.75, 3.05) is 38.2 Å². The van der Waals surface area contributed by atoms with Crippen LogP contribution in [0.3, 0.4) is 0 Å². The topological polar surface area (TPSA) is 24.5 Å². The Morgan fingerprint density at radius 1 is 1.47 bits per heavy atom. The predicted molar refractivity (Wildman–Crippen MR) is 72.3 cm³/mol. The van der Waals surface area contributed by atoms with Crippen LogP contribution in [-0.2, 0) is 0 Å². The van der Waals surface area contributed by atoms with Crippen molar-refractivity contribution in [3.05, 3.63) is 23.2 Å². The lowest BCUT2D eigenvalue weighted by Crippen LogP contribution is -2.29. The highest BCUT2D eigenvalue weighted by molar-refractivity contribution is 6.32. The molecule has 94 valence electrons. The molecule has 0 amide bonds. The van der Waals surface area contributed by atoms with Gasteiger partial charge in [-0.15, -0.1) is 0 Å². The minimum Gasteiger partial charge on any atom is -0.495 e. The molecule has 1 aromatic carbocycles. The lowest BCUT2D eigenvalue weighted by Gasteiger charge is -2.25. The SMILES string of the molecule is COc1ccc(N2CCNCC(C)C2)cc1Cl. The van der Waals surface area contributed by atoms with E-state index in [1.807, 2.05) is 12.1 Å². The summed E-state index contributed by atoms with van der Waals surface area (Å²) in [6.07, 6.45) is 0. The Labute approximate surface area is 108 Å². The monoisotopic (exact) mass is 254 g/mol. The van der Waals surface area contributed by atoms with Crippen LogP contribution in [0.4, 0.5) is 5.69 Å². The molecule has 1 aliphatic heterocycles. The van der Waals surface area contributed by atoms with Gasteiger partial charge < -0.3 is 15.0 Å². The van der Waals surface area contributed by atoms with Gasteiger partial charge in [-0.1, -0.05) is 18.5 Å². The van der Waals surface area contributed by atoms with Gasteiger partial charge in [0, 0.05) is 25.3 Å². The molecule has 0 aromatic heterocycles. The molecular formula is C13H19ClN2O. The summed E-state index contributed by atoms with van der Waals surface area (Å²) in [7, 11) is 1.64. The van der Waals surface area contributed by atoms with Crippen LogP contribution in [-0.4, -0.2) is 33.3 Å². The van der Waals surface area contributed by atoms with Crippen molar-refractivity contribution < 1.29 is 4.74 Å². The second-order valence-electron chi connectivity index (χ2n) is 4.57. The number of methoxy groups -OCH3 is 1. The van der Waals surface area contributed by atoms with Crippen molar-refractivity contribution in [3.8, 4) is 5.75 Å². The summed E-state index contributed by atoms with van der Waals surface area (Å²) in [6.45, 7) is 6.45. The van der Waals surface area contributed by atoms with E-state index in [4.69, 9.17) is 16.3 Å². The molecule has 1 heterocycles. The first kappa shape index (κ1) is 12.5. The van der Waals surface area contributed by atoms with Crippen LogP contribution in [0.1, 0.15) is 6.92 Å². The first-order valence-electron chi connectivity index (χ1n) is 6.00. The number of nitrogens with one attached hydrogen (secondary N) is 1. The lowest BCUT2D eigenvalue weighted by atomic mass is 10.1. The minimum absolute atomic E-state index is 0.651. The highest BCUT2D eigenvalue weighted by Crippen LogP contribution is 2.29. The number of hydrogen-bond acceptors (Lipinski definition) is 3. The third-order valence-electron chi connectivity index (χ3n) is 3.08. The molecule has 1 aliphatic rings. The van der Waals surface area contributed by atoms with Crippen molar-refractivity contribution >= 4 is 17.3 Å². The first-order chi connectivity index (χ1) is 8.20. The highest BCUT2D eigenvalue weighted by Gasteiger charge is 2.15. The van der Waals surface area contributed by atoms with Gasteiger partial charge in [-0.05, 0) is 30.7 Å². The van der Waals surface area contributed by atoms with Crippen molar-refractivity contribution in [1.82, 2.24) is 5.32 Å². The number of anilines is 1. The Morgan fingerprint density at radius 2 is 2.29 bits per heavy atom. The third-order valence-corrected chi connectivity index (χ3v) is 3.38. The Balaban J connectivity index is 2.17. The van der Waals surface area contributed by atoms with Gasteiger partial charge in [0.05, 0.1) is 12.1 Å². The van der Waals surface area contributed by atoms with E-state index in [0.717, 1.165) is 31.9 Å². The molecule has 0 aliphatic carbocycles. The van der Waals surface area contributed by atoms with Crippen molar-refractivity contribution in [2.24, 2.45) is 5.92 Å². The molecule has 3 nitrogen and oxygen atoms in total. The van der Waals surface area contributed by atoms with E-state index in [9.17, 15) is 0 Å². The number of rotatable bonds is 2. The molecule has 4 heteroatoms. The Hall–Kier alpha value is -0.930. The van der Waals surface area contributed by atoms with Crippen LogP contribution in [0.5, 0.6) is 5.75 Å². The molecule has 1 unspecified atom stereocenters. The summed E-state index contributed by atoms with van der Waals surface area (Å²) in [5.74, 6) is 1.38. The largest absolute Gasteiger partial charge is 0.495 e. The smallest absolute Gasteiger partial charge is 0.137 e. The summed E-state index contributed by atoms with van der Waals surface area (Å²) in [6, 6.07) is 5.99. The average Bonchev–Trinajstić information content (AvgIpc) is 2.54. The van der Waals surface area contributed by atoms with E-state index in [2.05, 4.69) is 23.2 Å². The van der Waals surface area contributed by atoms with E-state index in [0.29, 0.717) is 10.9 Å². The molecule has 0 spiro atoms. The lowest BCUT2D eigenvalue weighted by molar-refractivity contribution is 0.415. The van der Waals surface area contributed by atoms with Crippen LogP contribution in [0.15, 0.2) is 18.2 Å². The third kappa shape index (κ3) is 3.05. The van der Waals surface area contributed by atoms with Crippen molar-refractivity contribution in [1.29, 1.82) is 0 Å². The van der Waals surface area contributed by atoms with E-state index >= 15 is 0 Å². The van der Waals surface area contributed by atoms with Crippen molar-refractivity contribution in [3.63, 3.8) is 0 Å². The number of ether oxygens (including phenoxy) is 1. The van der Waals surface area contributed by atoms with Gasteiger partial charge in [0.15, 0.2) is 0 Å². The zero-order chi connectivity index (χ0) is 12.3. The standard InChI is InChI=1S/C13H19ClN2O/c1-10-8-15-5-6-16(9-10)11-3-4-13(17-2)12(14)7-11/h3-4,7,10,15H,5-6,8-9H2,1-2H3. The summed E-state index contributed by atoms with van der Waals surface area (Å²) in [5.41, 5.74) is 1.17. The Kier molecular flexibility index (Phi) is 4.13. The van der Waals surface area contributed by atoms with Crippen LogP contribution in [0, 0.1) is 5.92 Å². The first-order valence-corrected chi connectivity index (χ1v) is 6.37. The maximum Gasteiger partial charge on any atom is 0.137 e. The van der Waals surface area contributed by atoms with Crippen LogP contribution in [0.2, 0.25) is 5.02 Å². The summed E-state index contributed by atoms with van der Waals surface area (Å²) < 4.78 is 5.17. The average molecular weight is 255 g/mol. The predicted octanol–water partition coefficient (Wildman–Crippen LogP) is 2.39. The fourth-order valence-corrected chi connectivity index (χ4v) is 2.43. The summed E-state index contributed by atoms with van der Waals surface area (Å²) in [4.78, 5) is 2.37. The zero-order valence-corrected chi connectivity index (χ0v) is 11.1. The molecule has 1 fully saturated rings. The molecule has 17 heavy (non-hydrogen) atoms. The normalized spacial score (nSPS) is 21.1. The van der Waals surface area contributed by atoms with Crippen molar-refractivity contribution in [2.45, 2.75) is 6.92 Å². The van der Waals surface area contributed by atoms with E-state index in [1.54, 1.807) is 7.11 Å². The van der Waals surface area contributed by atoms with E-state index in [-0.39, 0.29) is 0 Å². The maximum atomic E-state index is 6.16. The molecule has 1 N–H and O–H groups in total. The van der Waals surface area contributed by atoms with Gasteiger partial charge in [-0.3, -0.25) is 0 Å². The molecule has 2 rings (SSSR count). The van der Waals surface area contributed by atoms with Crippen LogP contribution >= 0.6 is 11.6 Å². The Bertz CT molecular complexity index is 384. The fraction of sp³-hybridized carbons (Fsp3) is 0.538. The molecule has 0 bridgehead atoms. The molecule has 0 saturated carbocycles. The molecular weight excluding hydrogens is 236 g/mol. The number of hydrogen-bond donors (Lipinski definition) is 1. The molecule has 1 aromatic rings. The molecule has 1 saturated heterocycles. The van der Waals surface area contributed by atoms with Crippen LogP contribution in [0.25, 0.3) is 0 Å². The second kappa shape index (κ2) is 5.61. The highest BCUT2D eigenvalue weighted by atomic mass is 35.5. The van der Waals surface area contributed by atoms with E-state index < -0.39 is 0 Å². The van der Waals surface area contributed by atoms with Gasteiger partial charge in [0.2, 0.25) is 0 Å². The fourth-order valence-electron chi connectivity index (χ4n) is 2.18. The summed E-state index contributed by atoms with van der Waals surface area (Å²) in [5, 5.41) is 4.11. The Morgan fingerprint density at radius 3 is 3.00 bits per heavy atom. The van der Waals surface area contributed by atoms with Crippen LogP contribution < -0.4 is 15.0 Å². The van der Waals surface area contributed by atoms with Gasteiger partial charge in [-0.2, -0.15) is 0 Å². The molecule has 0 radical (unpaired) electrons. The maximum absolute atomic E-state index is 6.16. The van der Waals surface area contributed by atoms with E-state index in [1.165, 1.54) is 5.69 Å². The van der Waals surface area contributed by atoms with Gasteiger partial charge in [-0.25, -0.2) is 0 Å². The number of halogens is 1. The number of nitrogens with zero attached hydrogens (tertiary/aromatic N) is 1. The second-order valence-corrected chi connectivity index (χ2v) is 4.98. The zero-order valence-electron chi connectivity index (χ0n) is 10.4. The van der Waals surface area contributed by atoms with Gasteiger partial charge >= 0.3 is 0 Å². The molecule has 1 atom stereocenters. The quantitative estimate of drug-likeness (QED) is 0.877. The number of benzene rings is 1. The summed E-state index contributed by atoms with van der Waals surface area (Å²) >= 11 is 6.16. The van der Waals surface area contributed by atoms with Gasteiger partial charge in [0.1, 0.15) is 5.75 Å².